The lowest BCUT2D eigenvalue weighted by Crippen LogP contribution is -2.25. The summed E-state index contributed by atoms with van der Waals surface area (Å²) in [5, 5.41) is 26.9. The number of hydrogen-bond donors (Lipinski definition) is 1. The van der Waals surface area contributed by atoms with Crippen LogP contribution >= 0.6 is 0 Å². The van der Waals surface area contributed by atoms with E-state index in [2.05, 4.69) is 0 Å². The number of rotatable bonds is 4. The average Bonchev–Trinajstić information content (AvgIpc) is 2.28. The van der Waals surface area contributed by atoms with Gasteiger partial charge in [0.2, 0.25) is 0 Å². The molecule has 0 amide bonds. The molecule has 0 unspecified atom stereocenters. The van der Waals surface area contributed by atoms with E-state index in [1.165, 1.54) is 24.0 Å². The van der Waals surface area contributed by atoms with Crippen LogP contribution in [0.1, 0.15) is 18.6 Å². The Bertz CT molecular complexity index is 458. The monoisotopic (exact) mass is 233 g/mol. The maximum Gasteiger partial charge on any atom is 0.131 e. The summed E-state index contributed by atoms with van der Waals surface area (Å²) in [5.74, 6) is -0.543. The molecule has 0 heterocycles. The molecule has 0 aliphatic carbocycles. The average molecular weight is 233 g/mol. The highest BCUT2D eigenvalue weighted by Crippen LogP contribution is 2.28. The number of nitriles is 2. The normalized spacial score (nSPS) is 11.4. The third-order valence-corrected chi connectivity index (χ3v) is 2.31. The van der Waals surface area contributed by atoms with Crippen LogP contribution in [0.3, 0.4) is 0 Å². The first-order valence-corrected chi connectivity index (χ1v) is 5.07. The lowest BCUT2D eigenvalue weighted by Gasteiger charge is -2.23. The summed E-state index contributed by atoms with van der Waals surface area (Å²) in [6.07, 6.45) is -0.994. The van der Waals surface area contributed by atoms with Gasteiger partial charge in [-0.1, -0.05) is 6.07 Å². The number of aliphatic hydroxyl groups excluding tert-OH is 1. The summed E-state index contributed by atoms with van der Waals surface area (Å²) in [6.45, 7) is 1.38. The molecule has 1 aromatic rings. The van der Waals surface area contributed by atoms with Crippen molar-refractivity contribution in [1.82, 2.24) is 0 Å². The Morgan fingerprint density at radius 1 is 1.35 bits per heavy atom. The Balaban J connectivity index is 3.24. The fraction of sp³-hybridized carbons (Fsp3) is 0.333. The fourth-order valence-corrected chi connectivity index (χ4v) is 1.61. The van der Waals surface area contributed by atoms with Gasteiger partial charge < -0.3 is 10.0 Å². The van der Waals surface area contributed by atoms with Gasteiger partial charge in [0.15, 0.2) is 0 Å². The van der Waals surface area contributed by atoms with Crippen LogP contribution < -0.4 is 4.90 Å². The van der Waals surface area contributed by atoms with Crippen molar-refractivity contribution in [2.24, 2.45) is 0 Å². The van der Waals surface area contributed by atoms with Crippen molar-refractivity contribution in [2.45, 2.75) is 13.0 Å². The number of anilines is 1. The van der Waals surface area contributed by atoms with E-state index in [4.69, 9.17) is 10.5 Å². The number of nitrogens with zero attached hydrogens (tertiary/aromatic N) is 3. The second-order valence-electron chi connectivity index (χ2n) is 3.52. The molecule has 0 aliphatic rings. The first-order valence-electron chi connectivity index (χ1n) is 5.07. The molecular weight excluding hydrogens is 221 g/mol. The highest BCUT2D eigenvalue weighted by atomic mass is 19.1. The minimum Gasteiger partial charge on any atom is -0.389 e. The van der Waals surface area contributed by atoms with Gasteiger partial charge in [-0.2, -0.15) is 10.5 Å². The van der Waals surface area contributed by atoms with Gasteiger partial charge in [0.25, 0.3) is 0 Å². The third kappa shape index (κ3) is 2.93. The predicted octanol–water partition coefficient (Wildman–Crippen LogP) is 1.73. The number of aliphatic hydroxyl groups is 1. The van der Waals surface area contributed by atoms with Gasteiger partial charge in [0, 0.05) is 11.3 Å². The van der Waals surface area contributed by atoms with Crippen molar-refractivity contribution in [3.63, 3.8) is 0 Å². The van der Waals surface area contributed by atoms with Gasteiger partial charge in [-0.15, -0.1) is 0 Å². The molecule has 1 rings (SSSR count). The predicted molar refractivity (Wildman–Crippen MR) is 60.5 cm³/mol. The number of benzene rings is 1. The SMILES string of the molecule is C[C@H](O)c1c(F)cccc1N(CC#N)CC#N. The van der Waals surface area contributed by atoms with Crippen molar-refractivity contribution >= 4 is 5.69 Å². The van der Waals surface area contributed by atoms with E-state index < -0.39 is 11.9 Å². The van der Waals surface area contributed by atoms with Crippen molar-refractivity contribution < 1.29 is 9.50 Å². The zero-order chi connectivity index (χ0) is 12.8. The molecule has 0 radical (unpaired) electrons. The van der Waals surface area contributed by atoms with Crippen LogP contribution in [0.15, 0.2) is 18.2 Å². The lowest BCUT2D eigenvalue weighted by atomic mass is 10.1. The zero-order valence-electron chi connectivity index (χ0n) is 9.39. The van der Waals surface area contributed by atoms with Crippen LogP contribution in [-0.4, -0.2) is 18.2 Å². The Morgan fingerprint density at radius 2 is 1.94 bits per heavy atom. The quantitative estimate of drug-likeness (QED) is 0.804. The first-order chi connectivity index (χ1) is 8.11. The van der Waals surface area contributed by atoms with Crippen molar-refractivity contribution in [3.8, 4) is 12.1 Å². The summed E-state index contributed by atoms with van der Waals surface area (Å²) >= 11 is 0. The molecule has 0 bridgehead atoms. The molecule has 0 aromatic heterocycles. The molecule has 0 saturated heterocycles. The molecule has 0 saturated carbocycles. The third-order valence-electron chi connectivity index (χ3n) is 2.31. The van der Waals surface area contributed by atoms with Gasteiger partial charge in [-0.3, -0.25) is 0 Å². The van der Waals surface area contributed by atoms with Gasteiger partial charge in [0.1, 0.15) is 18.9 Å². The summed E-state index contributed by atoms with van der Waals surface area (Å²) in [4.78, 5) is 1.42. The molecule has 1 N–H and O–H groups in total. The van der Waals surface area contributed by atoms with Crippen LogP contribution in [0.25, 0.3) is 0 Å². The topological polar surface area (TPSA) is 71.0 Å². The van der Waals surface area contributed by atoms with Crippen LogP contribution in [-0.2, 0) is 0 Å². The zero-order valence-corrected chi connectivity index (χ0v) is 9.39. The van der Waals surface area contributed by atoms with Gasteiger partial charge in [0.05, 0.1) is 18.2 Å². The maximum atomic E-state index is 13.6. The minimum atomic E-state index is -0.994. The molecule has 0 aliphatic heterocycles. The second-order valence-corrected chi connectivity index (χ2v) is 3.52. The summed E-state index contributed by atoms with van der Waals surface area (Å²) in [6, 6.07) is 8.12. The largest absolute Gasteiger partial charge is 0.389 e. The van der Waals surface area contributed by atoms with Crippen molar-refractivity contribution in [2.75, 3.05) is 18.0 Å². The Labute approximate surface area is 99.1 Å². The van der Waals surface area contributed by atoms with E-state index >= 15 is 0 Å². The van der Waals surface area contributed by atoms with Gasteiger partial charge in [-0.05, 0) is 19.1 Å². The van der Waals surface area contributed by atoms with Crippen LogP contribution in [0.2, 0.25) is 0 Å². The fourth-order valence-electron chi connectivity index (χ4n) is 1.61. The first kappa shape index (κ1) is 13.0. The van der Waals surface area contributed by atoms with Gasteiger partial charge >= 0.3 is 0 Å². The van der Waals surface area contributed by atoms with Gasteiger partial charge in [-0.25, -0.2) is 4.39 Å². The molecule has 1 aromatic carbocycles. The molecule has 0 spiro atoms. The molecule has 5 heteroatoms. The summed E-state index contributed by atoms with van der Waals surface area (Å²) in [5.41, 5.74) is 0.487. The van der Waals surface area contributed by atoms with E-state index in [0.717, 1.165) is 0 Å². The van der Waals surface area contributed by atoms with E-state index in [0.29, 0.717) is 5.69 Å². The standard InChI is InChI=1S/C12H12FN3O/c1-9(17)12-10(13)3-2-4-11(12)16(7-5-14)8-6-15/h2-4,9,17H,7-8H2,1H3/t9-/m0/s1. The smallest absolute Gasteiger partial charge is 0.131 e. The molecule has 17 heavy (non-hydrogen) atoms. The second kappa shape index (κ2) is 5.83. The Hall–Kier alpha value is -2.11. The Morgan fingerprint density at radius 3 is 2.41 bits per heavy atom. The molecule has 88 valence electrons. The van der Waals surface area contributed by atoms with Crippen LogP contribution in [0.5, 0.6) is 0 Å². The number of halogens is 1. The molecule has 1 atom stereocenters. The molecule has 4 nitrogen and oxygen atoms in total. The van der Waals surface area contributed by atoms with Crippen molar-refractivity contribution in [1.29, 1.82) is 10.5 Å². The molecular formula is C12H12FN3O. The van der Waals surface area contributed by atoms with Crippen LogP contribution in [0, 0.1) is 28.5 Å². The van der Waals surface area contributed by atoms with E-state index in [-0.39, 0.29) is 18.7 Å². The number of hydrogen-bond acceptors (Lipinski definition) is 4. The minimum absolute atomic E-state index is 0.0310. The maximum absolute atomic E-state index is 13.6. The van der Waals surface area contributed by atoms with Crippen molar-refractivity contribution in [3.05, 3.63) is 29.6 Å². The van der Waals surface area contributed by atoms with E-state index in [1.54, 1.807) is 6.07 Å². The highest BCUT2D eigenvalue weighted by molar-refractivity contribution is 5.56. The highest BCUT2D eigenvalue weighted by Gasteiger charge is 2.17. The summed E-state index contributed by atoms with van der Waals surface area (Å²) < 4.78 is 13.6. The van der Waals surface area contributed by atoms with E-state index in [9.17, 15) is 9.50 Å². The van der Waals surface area contributed by atoms with Crippen LogP contribution in [0.4, 0.5) is 10.1 Å². The lowest BCUT2D eigenvalue weighted by molar-refractivity contribution is 0.194. The molecule has 0 fully saturated rings. The Kier molecular flexibility index (Phi) is 4.45. The summed E-state index contributed by atoms with van der Waals surface area (Å²) in [7, 11) is 0. The van der Waals surface area contributed by atoms with E-state index in [1.807, 2.05) is 12.1 Å².